The van der Waals surface area contributed by atoms with Crippen molar-refractivity contribution in [3.05, 3.63) is 35.8 Å². The van der Waals surface area contributed by atoms with Gasteiger partial charge in [-0.2, -0.15) is 0 Å². The zero-order chi connectivity index (χ0) is 20.9. The second kappa shape index (κ2) is 9.40. The largest absolute Gasteiger partial charge is 0.354 e. The van der Waals surface area contributed by atoms with Gasteiger partial charge in [0.05, 0.1) is 0 Å². The molecular weight excluding hydrogens is 383 g/mol. The number of halogens is 1. The fourth-order valence-corrected chi connectivity index (χ4v) is 4.19. The van der Waals surface area contributed by atoms with Crippen molar-refractivity contribution >= 4 is 11.8 Å². The van der Waals surface area contributed by atoms with Crippen LogP contribution in [-0.4, -0.2) is 50.9 Å². The van der Waals surface area contributed by atoms with E-state index < -0.39 is 0 Å². The van der Waals surface area contributed by atoms with Crippen LogP contribution < -0.4 is 15.5 Å². The summed E-state index contributed by atoms with van der Waals surface area (Å²) < 4.78 is 16.1. The summed E-state index contributed by atoms with van der Waals surface area (Å²) in [7, 11) is 1.96. The van der Waals surface area contributed by atoms with Crippen LogP contribution in [0, 0.1) is 12.7 Å². The van der Waals surface area contributed by atoms with E-state index >= 15 is 0 Å². The van der Waals surface area contributed by atoms with E-state index in [4.69, 9.17) is 4.99 Å². The number of nitrogens with one attached hydrogen (secondary N) is 2. The standard InChI is InChI=1S/C21H31FN8/c1-15-27-28-19(29(15)2)13-24-21(25-16-7-4-3-5-8-16)26-17-10-12-30(14-17)20-18(22)9-6-11-23-20/h6,9,11,16-17H,3-5,7-8,10,12-14H2,1-2H3,(H2,24,25,26). The zero-order valence-electron chi connectivity index (χ0n) is 17.8. The number of guanidine groups is 1. The van der Waals surface area contributed by atoms with Gasteiger partial charge >= 0.3 is 0 Å². The zero-order valence-corrected chi connectivity index (χ0v) is 17.8. The highest BCUT2D eigenvalue weighted by Gasteiger charge is 2.26. The summed E-state index contributed by atoms with van der Waals surface area (Å²) in [6.07, 6.45) is 8.69. The minimum atomic E-state index is -0.273. The lowest BCUT2D eigenvalue weighted by Crippen LogP contribution is -2.48. The third-order valence-electron chi connectivity index (χ3n) is 6.08. The minimum Gasteiger partial charge on any atom is -0.354 e. The minimum absolute atomic E-state index is 0.183. The van der Waals surface area contributed by atoms with Crippen molar-refractivity contribution in [2.75, 3.05) is 18.0 Å². The maximum atomic E-state index is 14.1. The van der Waals surface area contributed by atoms with Crippen LogP contribution in [0.15, 0.2) is 23.3 Å². The molecule has 1 unspecified atom stereocenters. The molecule has 2 aliphatic rings. The van der Waals surface area contributed by atoms with E-state index in [0.717, 1.165) is 30.6 Å². The van der Waals surface area contributed by atoms with Crippen molar-refractivity contribution in [3.8, 4) is 0 Å². The van der Waals surface area contributed by atoms with Gasteiger partial charge in [0.2, 0.25) is 0 Å². The Morgan fingerprint density at radius 1 is 1.17 bits per heavy atom. The molecular formula is C21H31FN8. The SMILES string of the molecule is Cc1nnc(CN=C(NC2CCCCC2)NC2CCN(c3ncccc3F)C2)n1C. The molecule has 2 aromatic rings. The molecule has 162 valence electrons. The number of aryl methyl sites for hydroxylation is 1. The molecule has 2 N–H and O–H groups in total. The Morgan fingerprint density at radius 3 is 2.70 bits per heavy atom. The van der Waals surface area contributed by atoms with Crippen LogP contribution in [0.5, 0.6) is 0 Å². The summed E-state index contributed by atoms with van der Waals surface area (Å²) in [6.45, 7) is 3.86. The van der Waals surface area contributed by atoms with Crippen LogP contribution in [-0.2, 0) is 13.6 Å². The Kier molecular flexibility index (Phi) is 6.44. The summed E-state index contributed by atoms with van der Waals surface area (Å²) in [5, 5.41) is 15.5. The summed E-state index contributed by atoms with van der Waals surface area (Å²) in [6, 6.07) is 3.71. The molecule has 0 spiro atoms. The normalized spacial score (nSPS) is 20.6. The van der Waals surface area contributed by atoms with Crippen LogP contribution in [0.1, 0.15) is 50.2 Å². The molecule has 0 aromatic carbocycles. The highest BCUT2D eigenvalue weighted by Crippen LogP contribution is 2.21. The molecule has 0 amide bonds. The average Bonchev–Trinajstić information content (AvgIpc) is 3.34. The molecule has 0 bridgehead atoms. The number of anilines is 1. The van der Waals surface area contributed by atoms with Gasteiger partial charge < -0.3 is 20.1 Å². The van der Waals surface area contributed by atoms with E-state index in [-0.39, 0.29) is 11.9 Å². The molecule has 3 heterocycles. The fourth-order valence-electron chi connectivity index (χ4n) is 4.19. The Hall–Kier alpha value is -2.71. The molecule has 1 aliphatic heterocycles. The van der Waals surface area contributed by atoms with Gasteiger partial charge in [-0.15, -0.1) is 10.2 Å². The van der Waals surface area contributed by atoms with Crippen molar-refractivity contribution in [1.29, 1.82) is 0 Å². The summed E-state index contributed by atoms with van der Waals surface area (Å²) in [5.74, 6) is 2.66. The van der Waals surface area contributed by atoms with Crippen molar-refractivity contribution < 1.29 is 4.39 Å². The van der Waals surface area contributed by atoms with Crippen LogP contribution in [0.4, 0.5) is 10.2 Å². The molecule has 2 fully saturated rings. The topological polar surface area (TPSA) is 83.3 Å². The van der Waals surface area contributed by atoms with Gasteiger partial charge in [0, 0.05) is 38.4 Å². The number of aromatic nitrogens is 4. The lowest BCUT2D eigenvalue weighted by atomic mass is 9.96. The van der Waals surface area contributed by atoms with E-state index in [9.17, 15) is 4.39 Å². The van der Waals surface area contributed by atoms with Gasteiger partial charge in [0.15, 0.2) is 23.4 Å². The molecule has 1 aliphatic carbocycles. The van der Waals surface area contributed by atoms with Gasteiger partial charge in [-0.3, -0.25) is 0 Å². The fraction of sp³-hybridized carbons (Fsp3) is 0.619. The second-order valence-electron chi connectivity index (χ2n) is 8.25. The Labute approximate surface area is 177 Å². The highest BCUT2D eigenvalue weighted by molar-refractivity contribution is 5.80. The number of rotatable bonds is 5. The van der Waals surface area contributed by atoms with E-state index in [1.54, 1.807) is 12.3 Å². The lowest BCUT2D eigenvalue weighted by Gasteiger charge is -2.26. The van der Waals surface area contributed by atoms with Gasteiger partial charge in [0.25, 0.3) is 0 Å². The number of nitrogens with zero attached hydrogens (tertiary/aromatic N) is 6. The first-order valence-electron chi connectivity index (χ1n) is 10.9. The summed E-state index contributed by atoms with van der Waals surface area (Å²) in [4.78, 5) is 11.0. The summed E-state index contributed by atoms with van der Waals surface area (Å²) in [5.41, 5.74) is 0. The highest BCUT2D eigenvalue weighted by atomic mass is 19.1. The van der Waals surface area contributed by atoms with Crippen molar-refractivity contribution in [1.82, 2.24) is 30.4 Å². The number of aliphatic imine (C=N–C) groups is 1. The molecule has 2 aromatic heterocycles. The molecule has 1 saturated heterocycles. The van der Waals surface area contributed by atoms with Crippen LogP contribution in [0.3, 0.4) is 0 Å². The lowest BCUT2D eigenvalue weighted by molar-refractivity contribution is 0.408. The maximum absolute atomic E-state index is 14.1. The monoisotopic (exact) mass is 414 g/mol. The number of pyridine rings is 1. The molecule has 8 nitrogen and oxygen atoms in total. The molecule has 4 rings (SSSR count). The van der Waals surface area contributed by atoms with E-state index in [0.29, 0.717) is 24.9 Å². The van der Waals surface area contributed by atoms with Crippen molar-refractivity contribution in [2.24, 2.45) is 12.0 Å². The predicted octanol–water partition coefficient (Wildman–Crippen LogP) is 2.30. The Balaban J connectivity index is 1.43. The molecule has 1 atom stereocenters. The van der Waals surface area contributed by atoms with Gasteiger partial charge in [-0.05, 0) is 38.3 Å². The predicted molar refractivity (Wildman–Crippen MR) is 115 cm³/mol. The van der Waals surface area contributed by atoms with Crippen LogP contribution >= 0.6 is 0 Å². The maximum Gasteiger partial charge on any atom is 0.192 e. The quantitative estimate of drug-likeness (QED) is 0.577. The van der Waals surface area contributed by atoms with Crippen LogP contribution in [0.25, 0.3) is 0 Å². The van der Waals surface area contributed by atoms with Gasteiger partial charge in [-0.25, -0.2) is 14.4 Å². The van der Waals surface area contributed by atoms with Crippen molar-refractivity contribution in [2.45, 2.75) is 64.1 Å². The smallest absolute Gasteiger partial charge is 0.192 e. The summed E-state index contributed by atoms with van der Waals surface area (Å²) >= 11 is 0. The van der Waals surface area contributed by atoms with Crippen LogP contribution in [0.2, 0.25) is 0 Å². The third kappa shape index (κ3) is 4.88. The molecule has 1 saturated carbocycles. The Morgan fingerprint density at radius 2 is 1.97 bits per heavy atom. The number of hydrogen-bond donors (Lipinski definition) is 2. The molecule has 0 radical (unpaired) electrons. The Bertz CT molecular complexity index is 874. The second-order valence-corrected chi connectivity index (χ2v) is 8.25. The first-order chi connectivity index (χ1) is 14.6. The molecule has 9 heteroatoms. The third-order valence-corrected chi connectivity index (χ3v) is 6.08. The first kappa shape index (κ1) is 20.6. The van der Waals surface area contributed by atoms with E-state index in [1.165, 1.54) is 38.2 Å². The number of hydrogen-bond acceptors (Lipinski definition) is 5. The van der Waals surface area contributed by atoms with Gasteiger partial charge in [0.1, 0.15) is 12.4 Å². The molecule has 30 heavy (non-hydrogen) atoms. The first-order valence-corrected chi connectivity index (χ1v) is 10.9. The van der Waals surface area contributed by atoms with E-state index in [2.05, 4.69) is 25.8 Å². The van der Waals surface area contributed by atoms with E-state index in [1.807, 2.05) is 23.4 Å². The van der Waals surface area contributed by atoms with Gasteiger partial charge in [-0.1, -0.05) is 19.3 Å². The van der Waals surface area contributed by atoms with Crippen molar-refractivity contribution in [3.63, 3.8) is 0 Å². The average molecular weight is 415 g/mol.